The van der Waals surface area contributed by atoms with E-state index in [0.29, 0.717) is 10.8 Å². The minimum absolute atomic E-state index is 0.478. The van der Waals surface area contributed by atoms with Crippen molar-refractivity contribution in [3.05, 3.63) is 32.9 Å². The molecule has 1 aromatic heterocycles. The van der Waals surface area contributed by atoms with Crippen LogP contribution in [0, 0.1) is 5.82 Å². The van der Waals surface area contributed by atoms with Crippen LogP contribution in [0.4, 0.5) is 4.39 Å². The van der Waals surface area contributed by atoms with Gasteiger partial charge in [-0.1, -0.05) is 0 Å². The number of hydrogen-bond acceptors (Lipinski definition) is 3. The minimum atomic E-state index is -1.14. The summed E-state index contributed by atoms with van der Waals surface area (Å²) in [6.07, 6.45) is 0.626. The lowest BCUT2D eigenvalue weighted by Crippen LogP contribution is -2.32. The SMILES string of the molecule is O=C(Cl)Cn1cc(F)c(=O)[nH]c1=O. The predicted octanol–water partition coefficient (Wildman–Crippen LogP) is -0.559. The fraction of sp³-hybridized carbons (Fsp3) is 0.167. The van der Waals surface area contributed by atoms with E-state index >= 15 is 0 Å². The van der Waals surface area contributed by atoms with Crippen molar-refractivity contribution in [3.8, 4) is 0 Å². The van der Waals surface area contributed by atoms with E-state index in [9.17, 15) is 18.8 Å². The number of halogens is 2. The number of aromatic nitrogens is 2. The molecule has 0 bridgehead atoms. The fourth-order valence-corrected chi connectivity index (χ4v) is 0.863. The number of carbonyl (C=O) groups is 1. The number of aromatic amines is 1. The number of nitrogens with zero attached hydrogens (tertiary/aromatic N) is 1. The summed E-state index contributed by atoms with van der Waals surface area (Å²) in [6.45, 7) is -0.478. The van der Waals surface area contributed by atoms with E-state index in [2.05, 4.69) is 0 Å². The first-order valence-electron chi connectivity index (χ1n) is 3.18. The standard InChI is InChI=1S/C6H4ClFN2O3/c7-4(11)2-10-1-3(8)5(12)9-6(10)13/h1H,2H2,(H,9,12,13). The summed E-state index contributed by atoms with van der Waals surface area (Å²) in [7, 11) is 0. The second kappa shape index (κ2) is 3.53. The normalized spacial score (nSPS) is 10.0. The first-order chi connectivity index (χ1) is 6.00. The number of nitrogens with one attached hydrogen (secondary N) is 1. The third kappa shape index (κ3) is 2.25. The highest BCUT2D eigenvalue weighted by Gasteiger charge is 2.05. The minimum Gasteiger partial charge on any atom is -0.289 e. The van der Waals surface area contributed by atoms with E-state index in [1.807, 2.05) is 0 Å². The van der Waals surface area contributed by atoms with Crippen molar-refractivity contribution in [2.24, 2.45) is 0 Å². The van der Waals surface area contributed by atoms with Crippen molar-refractivity contribution in [1.29, 1.82) is 0 Å². The van der Waals surface area contributed by atoms with Gasteiger partial charge in [0, 0.05) is 0 Å². The van der Waals surface area contributed by atoms with Gasteiger partial charge >= 0.3 is 5.69 Å². The monoisotopic (exact) mass is 206 g/mol. The molecule has 1 heterocycles. The molecule has 1 aromatic rings. The highest BCUT2D eigenvalue weighted by molar-refractivity contribution is 6.63. The highest BCUT2D eigenvalue weighted by Crippen LogP contribution is 1.87. The maximum absolute atomic E-state index is 12.6. The molecule has 0 aliphatic rings. The maximum atomic E-state index is 12.6. The Morgan fingerprint density at radius 3 is 2.77 bits per heavy atom. The number of rotatable bonds is 2. The molecule has 7 heteroatoms. The first-order valence-corrected chi connectivity index (χ1v) is 3.56. The molecule has 0 aliphatic heterocycles. The molecule has 13 heavy (non-hydrogen) atoms. The average Bonchev–Trinajstić information content (AvgIpc) is 1.99. The molecule has 1 N–H and O–H groups in total. The van der Waals surface area contributed by atoms with Crippen molar-refractivity contribution in [2.45, 2.75) is 6.54 Å². The molecule has 0 fully saturated rings. The Labute approximate surface area is 75.8 Å². The lowest BCUT2D eigenvalue weighted by molar-refractivity contribution is -0.112. The Balaban J connectivity index is 3.24. The van der Waals surface area contributed by atoms with Crippen LogP contribution in [0.25, 0.3) is 0 Å². The third-order valence-electron chi connectivity index (χ3n) is 1.26. The summed E-state index contributed by atoms with van der Waals surface area (Å²) in [5, 5.41) is -0.825. The van der Waals surface area contributed by atoms with E-state index in [-0.39, 0.29) is 0 Å². The molecular weight excluding hydrogens is 203 g/mol. The van der Waals surface area contributed by atoms with Crippen LogP contribution in [0.2, 0.25) is 0 Å². The van der Waals surface area contributed by atoms with E-state index in [1.165, 1.54) is 0 Å². The van der Waals surface area contributed by atoms with Crippen LogP contribution < -0.4 is 11.2 Å². The zero-order valence-corrected chi connectivity index (χ0v) is 6.97. The van der Waals surface area contributed by atoms with Crippen molar-refractivity contribution >= 4 is 16.8 Å². The molecule has 5 nitrogen and oxygen atoms in total. The topological polar surface area (TPSA) is 71.9 Å². The van der Waals surface area contributed by atoms with Gasteiger partial charge in [-0.3, -0.25) is 19.1 Å². The summed E-state index contributed by atoms with van der Waals surface area (Å²) in [4.78, 5) is 33.4. The van der Waals surface area contributed by atoms with Gasteiger partial charge in [0.15, 0.2) is 0 Å². The Bertz CT molecular complexity index is 450. The third-order valence-corrected chi connectivity index (χ3v) is 1.38. The van der Waals surface area contributed by atoms with Gasteiger partial charge in [-0.2, -0.15) is 4.39 Å². The maximum Gasteiger partial charge on any atom is 0.328 e. The van der Waals surface area contributed by atoms with E-state index in [1.54, 1.807) is 4.98 Å². The van der Waals surface area contributed by atoms with Gasteiger partial charge in [0.25, 0.3) is 5.56 Å². The fourth-order valence-electron chi connectivity index (χ4n) is 0.734. The molecule has 0 unspecified atom stereocenters. The van der Waals surface area contributed by atoms with Gasteiger partial charge in [-0.05, 0) is 11.6 Å². The Kier molecular flexibility index (Phi) is 2.62. The molecule has 0 aromatic carbocycles. The molecular formula is C6H4ClFN2O3. The second-order valence-electron chi connectivity index (χ2n) is 2.22. The molecule has 0 spiro atoms. The molecule has 1 rings (SSSR count). The number of hydrogen-bond donors (Lipinski definition) is 1. The van der Waals surface area contributed by atoms with Gasteiger partial charge in [-0.25, -0.2) is 4.79 Å². The summed E-state index contributed by atoms with van der Waals surface area (Å²) >= 11 is 4.96. The van der Waals surface area contributed by atoms with E-state index in [0.717, 1.165) is 0 Å². The Hall–Kier alpha value is -1.43. The van der Waals surface area contributed by atoms with Gasteiger partial charge in [0.05, 0.1) is 6.20 Å². The van der Waals surface area contributed by atoms with Gasteiger partial charge in [0.2, 0.25) is 11.1 Å². The highest BCUT2D eigenvalue weighted by atomic mass is 35.5. The van der Waals surface area contributed by atoms with Crippen molar-refractivity contribution in [1.82, 2.24) is 9.55 Å². The average molecular weight is 207 g/mol. The first kappa shape index (κ1) is 9.66. The van der Waals surface area contributed by atoms with Gasteiger partial charge in [-0.15, -0.1) is 0 Å². The number of H-pyrrole nitrogens is 1. The van der Waals surface area contributed by atoms with Crippen LogP contribution >= 0.6 is 11.6 Å². The van der Waals surface area contributed by atoms with Crippen LogP contribution in [0.15, 0.2) is 15.8 Å². The summed E-state index contributed by atoms with van der Waals surface area (Å²) in [5.74, 6) is -1.14. The van der Waals surface area contributed by atoms with Crippen molar-refractivity contribution in [2.75, 3.05) is 0 Å². The lowest BCUT2D eigenvalue weighted by Gasteiger charge is -1.99. The molecule has 0 saturated heterocycles. The van der Waals surface area contributed by atoms with E-state index < -0.39 is 28.9 Å². The Morgan fingerprint density at radius 1 is 1.62 bits per heavy atom. The van der Waals surface area contributed by atoms with E-state index in [4.69, 9.17) is 11.6 Å². The van der Waals surface area contributed by atoms with Crippen LogP contribution in [-0.4, -0.2) is 14.8 Å². The van der Waals surface area contributed by atoms with Crippen LogP contribution in [0.1, 0.15) is 0 Å². The second-order valence-corrected chi connectivity index (χ2v) is 2.64. The smallest absolute Gasteiger partial charge is 0.289 e. The molecule has 0 amide bonds. The molecule has 0 aliphatic carbocycles. The van der Waals surface area contributed by atoms with Gasteiger partial charge < -0.3 is 0 Å². The number of carbonyl (C=O) groups excluding carboxylic acids is 1. The van der Waals surface area contributed by atoms with Crippen LogP contribution in [0.5, 0.6) is 0 Å². The quantitative estimate of drug-likeness (QED) is 0.660. The molecule has 0 radical (unpaired) electrons. The summed E-state index contributed by atoms with van der Waals surface area (Å²) in [5.41, 5.74) is -2.00. The van der Waals surface area contributed by atoms with Crippen molar-refractivity contribution < 1.29 is 9.18 Å². The predicted molar refractivity (Wildman–Crippen MR) is 42.1 cm³/mol. The molecule has 0 saturated carbocycles. The van der Waals surface area contributed by atoms with Gasteiger partial charge in [0.1, 0.15) is 6.54 Å². The molecule has 70 valence electrons. The largest absolute Gasteiger partial charge is 0.328 e. The zero-order chi connectivity index (χ0) is 10.0. The van der Waals surface area contributed by atoms with Crippen LogP contribution in [0.3, 0.4) is 0 Å². The van der Waals surface area contributed by atoms with Crippen molar-refractivity contribution in [3.63, 3.8) is 0 Å². The Morgan fingerprint density at radius 2 is 2.23 bits per heavy atom. The lowest BCUT2D eigenvalue weighted by atomic mass is 10.6. The summed E-state index contributed by atoms with van der Waals surface area (Å²) in [6, 6.07) is 0. The van der Waals surface area contributed by atoms with Crippen LogP contribution in [-0.2, 0) is 11.3 Å². The molecule has 0 atom stereocenters. The summed E-state index contributed by atoms with van der Waals surface area (Å²) < 4.78 is 13.2. The zero-order valence-electron chi connectivity index (χ0n) is 6.21.